The molecule has 2 N–H and O–H groups in total. The minimum absolute atomic E-state index is 0.0801. The van der Waals surface area contributed by atoms with E-state index in [0.717, 1.165) is 16.3 Å². The lowest BCUT2D eigenvalue weighted by Crippen LogP contribution is -2.36. The lowest BCUT2D eigenvalue weighted by atomic mass is 10.2. The minimum Gasteiger partial charge on any atom is -0.494 e. The average molecular weight is 411 g/mol. The second kappa shape index (κ2) is 8.24. The first-order chi connectivity index (χ1) is 12.9. The number of benzene rings is 1. The molecule has 1 aromatic carbocycles. The first-order valence-electron chi connectivity index (χ1n) is 8.68. The van der Waals surface area contributed by atoms with E-state index in [1.165, 1.54) is 15.6 Å². The van der Waals surface area contributed by atoms with Crippen molar-refractivity contribution in [3.63, 3.8) is 0 Å². The number of carbonyl (C=O) groups excluding carboxylic acids is 1. The van der Waals surface area contributed by atoms with Crippen LogP contribution in [0.5, 0.6) is 5.75 Å². The number of thiazole rings is 1. The molecule has 8 nitrogen and oxygen atoms in total. The van der Waals surface area contributed by atoms with Gasteiger partial charge in [0.1, 0.15) is 5.75 Å². The maximum absolute atomic E-state index is 12.2. The average Bonchev–Trinajstić information content (AvgIpc) is 3.04. The molecule has 1 aliphatic heterocycles. The first-order valence-corrected chi connectivity index (χ1v) is 11.1. The summed E-state index contributed by atoms with van der Waals surface area (Å²) < 4.78 is 30.9. The minimum atomic E-state index is -3.22. The number of amides is 2. The lowest BCUT2D eigenvalue weighted by molar-refractivity contribution is 0.262. The zero-order valence-electron chi connectivity index (χ0n) is 15.2. The van der Waals surface area contributed by atoms with Crippen LogP contribution >= 0.6 is 11.3 Å². The van der Waals surface area contributed by atoms with Crippen molar-refractivity contribution in [1.29, 1.82) is 0 Å². The third-order valence-corrected chi connectivity index (χ3v) is 6.92. The molecule has 0 aliphatic carbocycles. The molecular formula is C17H22N4O4S2. The molecule has 146 valence electrons. The Labute approximate surface area is 162 Å². The number of nitrogens with zero attached hydrogens (tertiary/aromatic N) is 2. The summed E-state index contributed by atoms with van der Waals surface area (Å²) in [5.74, 6) is 0.819. The number of aromatic nitrogens is 1. The fourth-order valence-corrected chi connectivity index (χ4v) is 4.87. The molecule has 2 aromatic rings. The Bertz CT molecular complexity index is 910. The molecule has 3 rings (SSSR count). The highest BCUT2D eigenvalue weighted by Gasteiger charge is 2.28. The van der Waals surface area contributed by atoms with Crippen LogP contribution in [0.25, 0.3) is 0 Å². The monoisotopic (exact) mass is 410 g/mol. The van der Waals surface area contributed by atoms with Gasteiger partial charge in [-0.3, -0.25) is 5.32 Å². The Hall–Kier alpha value is -2.17. The molecule has 0 radical (unpaired) electrons. The van der Waals surface area contributed by atoms with Crippen LogP contribution in [0.3, 0.4) is 0 Å². The molecule has 0 bridgehead atoms. The highest BCUT2D eigenvalue weighted by Crippen LogP contribution is 2.29. The molecule has 0 saturated carbocycles. The fraction of sp³-hybridized carbons (Fsp3) is 0.412. The number of hydrogen-bond donors (Lipinski definition) is 2. The molecule has 10 heteroatoms. The van der Waals surface area contributed by atoms with Crippen LogP contribution in [0.1, 0.15) is 24.4 Å². The van der Waals surface area contributed by atoms with Crippen molar-refractivity contribution in [2.45, 2.75) is 26.8 Å². The molecule has 0 atom stereocenters. The third-order valence-electron chi connectivity index (χ3n) is 4.10. The summed E-state index contributed by atoms with van der Waals surface area (Å²) in [6, 6.07) is 6.67. The van der Waals surface area contributed by atoms with E-state index in [2.05, 4.69) is 15.6 Å². The van der Waals surface area contributed by atoms with Crippen molar-refractivity contribution < 1.29 is 17.9 Å². The summed E-state index contributed by atoms with van der Waals surface area (Å²) in [5.41, 5.74) is 1.48. The number of urea groups is 1. The van der Waals surface area contributed by atoms with Crippen LogP contribution in [0.4, 0.5) is 15.6 Å². The van der Waals surface area contributed by atoms with E-state index < -0.39 is 16.1 Å². The normalized spacial score (nSPS) is 14.4. The molecule has 0 fully saturated rings. The number of carbonyl (C=O) groups is 1. The smallest absolute Gasteiger partial charge is 0.325 e. The highest BCUT2D eigenvalue weighted by atomic mass is 32.2. The van der Waals surface area contributed by atoms with Gasteiger partial charge in [0.15, 0.2) is 5.13 Å². The molecule has 27 heavy (non-hydrogen) atoms. The number of hydrogen-bond acceptors (Lipinski definition) is 6. The van der Waals surface area contributed by atoms with Crippen LogP contribution in [-0.2, 0) is 23.0 Å². The summed E-state index contributed by atoms with van der Waals surface area (Å²) in [5, 5.41) is 5.91. The van der Waals surface area contributed by atoms with E-state index in [4.69, 9.17) is 4.74 Å². The molecule has 0 unspecified atom stereocenters. The van der Waals surface area contributed by atoms with Crippen molar-refractivity contribution in [3.05, 3.63) is 34.8 Å². The quantitative estimate of drug-likeness (QED) is 0.763. The largest absolute Gasteiger partial charge is 0.494 e. The predicted octanol–water partition coefficient (Wildman–Crippen LogP) is 2.89. The van der Waals surface area contributed by atoms with Crippen LogP contribution < -0.4 is 15.4 Å². The molecule has 0 saturated heterocycles. The van der Waals surface area contributed by atoms with E-state index in [9.17, 15) is 13.2 Å². The Morgan fingerprint density at radius 2 is 2.00 bits per heavy atom. The molecule has 0 spiro atoms. The van der Waals surface area contributed by atoms with Gasteiger partial charge < -0.3 is 10.1 Å². The Morgan fingerprint density at radius 1 is 1.26 bits per heavy atom. The highest BCUT2D eigenvalue weighted by molar-refractivity contribution is 7.89. The van der Waals surface area contributed by atoms with E-state index in [1.807, 2.05) is 6.92 Å². The number of fused-ring (bicyclic) bond motifs is 1. The van der Waals surface area contributed by atoms with Crippen molar-refractivity contribution in [2.75, 3.05) is 29.5 Å². The van der Waals surface area contributed by atoms with Crippen molar-refractivity contribution in [2.24, 2.45) is 0 Å². The number of sulfonamides is 1. The van der Waals surface area contributed by atoms with Gasteiger partial charge in [-0.25, -0.2) is 18.2 Å². The van der Waals surface area contributed by atoms with Crippen LogP contribution in [-0.4, -0.2) is 42.6 Å². The van der Waals surface area contributed by atoms with E-state index in [-0.39, 0.29) is 5.75 Å². The Balaban J connectivity index is 1.61. The van der Waals surface area contributed by atoms with E-state index in [0.29, 0.717) is 36.9 Å². The van der Waals surface area contributed by atoms with Crippen LogP contribution in [0.2, 0.25) is 0 Å². The number of anilines is 2. The zero-order valence-corrected chi connectivity index (χ0v) is 16.8. The maximum atomic E-state index is 12.2. The molecule has 1 aliphatic rings. The number of ether oxygens (including phenoxy) is 1. The Kier molecular flexibility index (Phi) is 5.98. The van der Waals surface area contributed by atoms with Gasteiger partial charge in [-0.05, 0) is 38.1 Å². The summed E-state index contributed by atoms with van der Waals surface area (Å²) in [7, 11) is -3.22. The number of rotatable bonds is 6. The van der Waals surface area contributed by atoms with Gasteiger partial charge in [0.25, 0.3) is 0 Å². The van der Waals surface area contributed by atoms with Gasteiger partial charge in [0.05, 0.1) is 18.1 Å². The lowest BCUT2D eigenvalue weighted by Gasteiger charge is -2.24. The first kappa shape index (κ1) is 19.6. The van der Waals surface area contributed by atoms with Gasteiger partial charge in [-0.2, -0.15) is 4.31 Å². The summed E-state index contributed by atoms with van der Waals surface area (Å²) in [6.07, 6.45) is 0.549. The molecule has 2 heterocycles. The van der Waals surface area contributed by atoms with Crippen molar-refractivity contribution in [1.82, 2.24) is 9.29 Å². The second-order valence-corrected chi connectivity index (χ2v) is 9.25. The fourth-order valence-electron chi connectivity index (χ4n) is 2.71. The number of nitrogens with one attached hydrogen (secondary N) is 2. The summed E-state index contributed by atoms with van der Waals surface area (Å²) >= 11 is 1.30. The summed E-state index contributed by atoms with van der Waals surface area (Å²) in [6.45, 7) is 4.86. The van der Waals surface area contributed by atoms with Crippen LogP contribution in [0, 0.1) is 0 Å². The zero-order chi connectivity index (χ0) is 19.4. The molecule has 1 aromatic heterocycles. The van der Waals surface area contributed by atoms with Gasteiger partial charge in [0, 0.05) is 30.1 Å². The van der Waals surface area contributed by atoms with E-state index >= 15 is 0 Å². The van der Waals surface area contributed by atoms with E-state index in [1.54, 1.807) is 31.2 Å². The third kappa shape index (κ3) is 4.76. The SMILES string of the molecule is CCOc1ccc(NC(=O)Nc2nc3c(s2)CN(S(=O)(=O)CC)CC3)cc1. The second-order valence-electron chi connectivity index (χ2n) is 5.91. The van der Waals surface area contributed by atoms with Gasteiger partial charge in [-0.1, -0.05) is 11.3 Å². The summed E-state index contributed by atoms with van der Waals surface area (Å²) in [4.78, 5) is 17.5. The molecule has 2 amide bonds. The van der Waals surface area contributed by atoms with Crippen molar-refractivity contribution >= 4 is 38.2 Å². The van der Waals surface area contributed by atoms with Gasteiger partial charge in [-0.15, -0.1) is 0 Å². The van der Waals surface area contributed by atoms with Crippen molar-refractivity contribution in [3.8, 4) is 5.75 Å². The van der Waals surface area contributed by atoms with Crippen LogP contribution in [0.15, 0.2) is 24.3 Å². The standard InChI is InChI=1S/C17H22N4O4S2/c1-3-25-13-7-5-12(6-8-13)18-16(22)20-17-19-14-9-10-21(11-15(14)26-17)27(23,24)4-2/h5-8H,3-4,9-11H2,1-2H3,(H2,18,19,20,22). The van der Waals surface area contributed by atoms with Gasteiger partial charge >= 0.3 is 6.03 Å². The predicted molar refractivity (Wildman–Crippen MR) is 106 cm³/mol. The van der Waals surface area contributed by atoms with Gasteiger partial charge in [0.2, 0.25) is 10.0 Å². The maximum Gasteiger partial charge on any atom is 0.325 e. The topological polar surface area (TPSA) is 101 Å². The molecular weight excluding hydrogens is 388 g/mol. The Morgan fingerprint density at radius 3 is 2.67 bits per heavy atom.